The molecule has 0 bridgehead atoms. The van der Waals surface area contributed by atoms with Crippen LogP contribution in [0.5, 0.6) is 0 Å². The fourth-order valence-corrected chi connectivity index (χ4v) is 9.16. The van der Waals surface area contributed by atoms with Crippen molar-refractivity contribution in [1.29, 1.82) is 5.41 Å². The number of fused-ring (bicyclic) bond motifs is 7. The summed E-state index contributed by atoms with van der Waals surface area (Å²) in [6.07, 6.45) is 1.42. The monoisotopic (exact) mass is 736 g/mol. The molecule has 5 heteroatoms. The number of para-hydroxylation sites is 2. The minimum atomic E-state index is -0.479. The van der Waals surface area contributed by atoms with E-state index in [9.17, 15) is 5.41 Å². The van der Waals surface area contributed by atoms with E-state index < -0.39 is 6.17 Å². The van der Waals surface area contributed by atoms with Crippen molar-refractivity contribution in [2.75, 3.05) is 0 Å². The van der Waals surface area contributed by atoms with Crippen molar-refractivity contribution in [3.05, 3.63) is 211 Å². The van der Waals surface area contributed by atoms with Crippen molar-refractivity contribution in [1.82, 2.24) is 9.88 Å². The number of nitrogens with zero attached hydrogens (tertiary/aromatic N) is 2. The second-order valence-corrected chi connectivity index (χ2v) is 15.0. The largest absolute Gasteiger partial charge is 0.345 e. The minimum absolute atomic E-state index is 0.297. The van der Waals surface area contributed by atoms with Gasteiger partial charge in [-0.1, -0.05) is 170 Å². The van der Waals surface area contributed by atoms with Gasteiger partial charge in [-0.15, -0.1) is 11.3 Å². The van der Waals surface area contributed by atoms with Crippen LogP contribution in [0, 0.1) is 5.41 Å². The van der Waals surface area contributed by atoms with Crippen molar-refractivity contribution in [3.8, 4) is 27.9 Å². The lowest BCUT2D eigenvalue weighted by atomic mass is 10.0. The van der Waals surface area contributed by atoms with Gasteiger partial charge >= 0.3 is 0 Å². The number of aromatic nitrogens is 1. The highest BCUT2D eigenvalue weighted by Crippen LogP contribution is 2.46. The molecule has 0 spiro atoms. The molecule has 0 radical (unpaired) electrons. The van der Waals surface area contributed by atoms with E-state index in [4.69, 9.17) is 4.99 Å². The molecule has 2 heterocycles. The lowest BCUT2D eigenvalue weighted by molar-refractivity contribution is 0.685. The maximum atomic E-state index is 9.67. The van der Waals surface area contributed by atoms with E-state index in [1.54, 1.807) is 0 Å². The average molecular weight is 737 g/mol. The predicted octanol–water partition coefficient (Wildman–Crippen LogP) is 13.2. The van der Waals surface area contributed by atoms with Crippen LogP contribution in [0.15, 0.2) is 199 Å². The van der Waals surface area contributed by atoms with Crippen LogP contribution in [0.2, 0.25) is 0 Å². The molecular weight excluding hydrogens is 701 g/mol. The van der Waals surface area contributed by atoms with Crippen LogP contribution in [-0.4, -0.2) is 16.6 Å². The third kappa shape index (κ3) is 5.95. The SMILES string of the molecule is N=C(NC(/N=C/c1ccc(-c2ccccc2)cc1)c1ccccc1)c1ccccc1-n1c2ccccc2c2ccc3sc4c(-c5ccccc5)cccc4c3c21. The molecule has 0 aliphatic rings. The van der Waals surface area contributed by atoms with Gasteiger partial charge in [-0.3, -0.25) is 10.4 Å². The van der Waals surface area contributed by atoms with Crippen molar-refractivity contribution in [3.63, 3.8) is 0 Å². The van der Waals surface area contributed by atoms with Crippen LogP contribution >= 0.6 is 11.3 Å². The maximum absolute atomic E-state index is 9.67. The first-order valence-corrected chi connectivity index (χ1v) is 19.6. The standard InChI is InChI=1S/C51H36N4S/c52-50(54-51(38-19-8-3-9-20-38)53-33-34-27-29-36(30-28-34)35-15-4-1-5-16-35)42-22-11-13-26-45(42)55-44-25-12-10-21-40(44)41-31-32-46-47(48(41)55)43-24-14-23-39(49(43)56-46)37-17-6-2-7-18-37/h1-33,51H,(H2,52,54)/b53-33+. The Kier molecular flexibility index (Phi) is 8.55. The van der Waals surface area contributed by atoms with Gasteiger partial charge in [-0.05, 0) is 57.6 Å². The number of aliphatic imine (C=N–C) groups is 1. The van der Waals surface area contributed by atoms with Crippen LogP contribution in [0.3, 0.4) is 0 Å². The van der Waals surface area contributed by atoms with Crippen LogP contribution in [0.25, 0.3) is 69.9 Å². The Balaban J connectivity index is 1.09. The smallest absolute Gasteiger partial charge is 0.145 e. The molecule has 10 rings (SSSR count). The fraction of sp³-hybridized carbons (Fsp3) is 0.0196. The molecule has 0 aliphatic heterocycles. The van der Waals surface area contributed by atoms with Gasteiger partial charge in [-0.2, -0.15) is 0 Å². The lowest BCUT2D eigenvalue weighted by Crippen LogP contribution is -2.28. The Hall–Kier alpha value is -7.08. The van der Waals surface area contributed by atoms with Gasteiger partial charge < -0.3 is 9.88 Å². The molecule has 2 N–H and O–H groups in total. The average Bonchev–Trinajstić information content (AvgIpc) is 3.82. The first-order valence-electron chi connectivity index (χ1n) is 18.8. The van der Waals surface area contributed by atoms with E-state index in [0.717, 1.165) is 39.0 Å². The summed E-state index contributed by atoms with van der Waals surface area (Å²) in [4.78, 5) is 5.04. The number of benzene rings is 8. The highest BCUT2D eigenvalue weighted by atomic mass is 32.1. The van der Waals surface area contributed by atoms with Crippen molar-refractivity contribution < 1.29 is 0 Å². The van der Waals surface area contributed by atoms with Crippen LogP contribution < -0.4 is 5.32 Å². The number of rotatable bonds is 8. The number of thiophene rings is 1. The van der Waals surface area contributed by atoms with Gasteiger partial charge in [0.2, 0.25) is 0 Å². The topological polar surface area (TPSA) is 53.2 Å². The van der Waals surface area contributed by atoms with Crippen LogP contribution in [0.1, 0.15) is 22.9 Å². The summed E-state index contributed by atoms with van der Waals surface area (Å²) in [6, 6.07) is 67.7. The van der Waals surface area contributed by atoms with Gasteiger partial charge in [0.15, 0.2) is 0 Å². The van der Waals surface area contributed by atoms with E-state index in [0.29, 0.717) is 5.84 Å². The molecule has 0 fully saturated rings. The van der Waals surface area contributed by atoms with Crippen LogP contribution in [0.4, 0.5) is 0 Å². The molecule has 0 aliphatic carbocycles. The number of nitrogens with one attached hydrogen (secondary N) is 2. The molecule has 266 valence electrons. The molecule has 2 aromatic heterocycles. The molecule has 1 atom stereocenters. The Bertz CT molecular complexity index is 3050. The molecule has 0 amide bonds. The summed E-state index contributed by atoms with van der Waals surface area (Å²) in [6.45, 7) is 0. The van der Waals surface area contributed by atoms with Crippen molar-refractivity contribution in [2.45, 2.75) is 6.17 Å². The number of hydrogen-bond acceptors (Lipinski definition) is 3. The highest BCUT2D eigenvalue weighted by molar-refractivity contribution is 7.26. The minimum Gasteiger partial charge on any atom is -0.345 e. The third-order valence-corrected chi connectivity index (χ3v) is 11.8. The molecule has 0 saturated carbocycles. The third-order valence-electron chi connectivity index (χ3n) is 10.6. The Morgan fingerprint density at radius 3 is 2.00 bits per heavy atom. The first kappa shape index (κ1) is 33.5. The second-order valence-electron chi connectivity index (χ2n) is 14.0. The summed E-state index contributed by atoms with van der Waals surface area (Å²) in [5, 5.41) is 18.0. The molecule has 0 saturated heterocycles. The highest BCUT2D eigenvalue weighted by Gasteiger charge is 2.22. The lowest BCUT2D eigenvalue weighted by Gasteiger charge is -2.20. The van der Waals surface area contributed by atoms with E-state index in [2.05, 4.69) is 168 Å². The van der Waals surface area contributed by atoms with E-state index in [-0.39, 0.29) is 0 Å². The predicted molar refractivity (Wildman–Crippen MR) is 238 cm³/mol. The molecule has 10 aromatic rings. The molecule has 1 unspecified atom stereocenters. The zero-order chi connectivity index (χ0) is 37.4. The number of hydrogen-bond donors (Lipinski definition) is 2. The zero-order valence-electron chi connectivity index (χ0n) is 30.4. The van der Waals surface area contributed by atoms with Crippen molar-refractivity contribution >= 4 is 65.4 Å². The summed E-state index contributed by atoms with van der Waals surface area (Å²) in [5.74, 6) is 0.297. The normalized spacial score (nSPS) is 12.2. The van der Waals surface area contributed by atoms with Gasteiger partial charge in [-0.25, -0.2) is 0 Å². The van der Waals surface area contributed by atoms with Gasteiger partial charge in [0.25, 0.3) is 0 Å². The Morgan fingerprint density at radius 1 is 0.571 bits per heavy atom. The number of amidine groups is 1. The van der Waals surface area contributed by atoms with Gasteiger partial charge in [0.05, 0.1) is 16.7 Å². The summed E-state index contributed by atoms with van der Waals surface area (Å²) < 4.78 is 4.88. The molecular formula is C51H36N4S. The second kappa shape index (κ2) is 14.3. The van der Waals surface area contributed by atoms with Gasteiger partial charge in [0, 0.05) is 42.7 Å². The molecule has 56 heavy (non-hydrogen) atoms. The van der Waals surface area contributed by atoms with Crippen molar-refractivity contribution in [2.24, 2.45) is 4.99 Å². The summed E-state index contributed by atoms with van der Waals surface area (Å²) in [7, 11) is 0. The van der Waals surface area contributed by atoms with E-state index in [1.165, 1.54) is 47.6 Å². The fourth-order valence-electron chi connectivity index (χ4n) is 7.92. The summed E-state index contributed by atoms with van der Waals surface area (Å²) >= 11 is 1.85. The molecule has 4 nitrogen and oxygen atoms in total. The first-order chi connectivity index (χ1) is 27.7. The quantitative estimate of drug-likeness (QED) is 0.118. The van der Waals surface area contributed by atoms with Crippen LogP contribution in [-0.2, 0) is 0 Å². The Labute approximate surface area is 329 Å². The zero-order valence-corrected chi connectivity index (χ0v) is 31.2. The van der Waals surface area contributed by atoms with Gasteiger partial charge in [0.1, 0.15) is 12.0 Å². The molecule has 8 aromatic carbocycles. The van der Waals surface area contributed by atoms with E-state index >= 15 is 0 Å². The van der Waals surface area contributed by atoms with E-state index in [1.807, 2.05) is 53.9 Å². The maximum Gasteiger partial charge on any atom is 0.145 e. The Morgan fingerprint density at radius 2 is 1.21 bits per heavy atom. The summed E-state index contributed by atoms with van der Waals surface area (Å²) in [5.41, 5.74) is 10.7.